The fourth-order valence-electron chi connectivity index (χ4n) is 3.58. The summed E-state index contributed by atoms with van der Waals surface area (Å²) in [6, 6.07) is 12.4. The van der Waals surface area contributed by atoms with E-state index in [1.165, 1.54) is 44.8 Å². The number of nitrogens with zero attached hydrogens (tertiary/aromatic N) is 2. The Bertz CT molecular complexity index is 406. The molecule has 1 unspecified atom stereocenters. The first kappa shape index (κ1) is 14.1. The molecular weight excluding hydrogens is 246 g/mol. The summed E-state index contributed by atoms with van der Waals surface area (Å²) >= 11 is 0. The summed E-state index contributed by atoms with van der Waals surface area (Å²) in [5.74, 6) is 0.661. The minimum absolute atomic E-state index is 0.567. The van der Waals surface area contributed by atoms with E-state index in [2.05, 4.69) is 59.3 Å². The van der Waals surface area contributed by atoms with Gasteiger partial charge in [-0.1, -0.05) is 44.2 Å². The van der Waals surface area contributed by atoms with Crippen molar-refractivity contribution in [3.05, 3.63) is 35.9 Å². The average Bonchev–Trinajstić information content (AvgIpc) is 2.40. The molecule has 0 saturated carbocycles. The zero-order valence-corrected chi connectivity index (χ0v) is 12.8. The lowest BCUT2D eigenvalue weighted by atomic mass is 9.93. The van der Waals surface area contributed by atoms with Crippen molar-refractivity contribution in [2.24, 2.45) is 5.92 Å². The third-order valence-corrected chi connectivity index (χ3v) is 4.79. The first-order chi connectivity index (χ1) is 9.75. The van der Waals surface area contributed by atoms with Crippen LogP contribution in [-0.4, -0.2) is 55.1 Å². The van der Waals surface area contributed by atoms with Crippen molar-refractivity contribution in [1.29, 1.82) is 0 Å². The van der Waals surface area contributed by atoms with Crippen molar-refractivity contribution >= 4 is 0 Å². The fourth-order valence-corrected chi connectivity index (χ4v) is 3.58. The molecule has 2 fully saturated rings. The van der Waals surface area contributed by atoms with Gasteiger partial charge in [-0.15, -0.1) is 0 Å². The van der Waals surface area contributed by atoms with Crippen LogP contribution < -0.4 is 5.32 Å². The molecule has 0 aliphatic carbocycles. The molecule has 110 valence electrons. The topological polar surface area (TPSA) is 18.5 Å². The van der Waals surface area contributed by atoms with Gasteiger partial charge in [0.05, 0.1) is 0 Å². The van der Waals surface area contributed by atoms with Crippen molar-refractivity contribution in [3.63, 3.8) is 0 Å². The fraction of sp³-hybridized carbons (Fsp3) is 0.647. The van der Waals surface area contributed by atoms with Gasteiger partial charge in [0.25, 0.3) is 0 Å². The lowest BCUT2D eigenvalue weighted by Gasteiger charge is -2.46. The van der Waals surface area contributed by atoms with Crippen LogP contribution in [0.15, 0.2) is 30.3 Å². The van der Waals surface area contributed by atoms with Crippen molar-refractivity contribution in [2.75, 3.05) is 39.3 Å². The van der Waals surface area contributed by atoms with Crippen LogP contribution in [0.5, 0.6) is 0 Å². The van der Waals surface area contributed by atoms with E-state index in [-0.39, 0.29) is 0 Å². The molecule has 2 aliphatic rings. The highest BCUT2D eigenvalue weighted by molar-refractivity contribution is 5.19. The Morgan fingerprint density at radius 2 is 1.65 bits per heavy atom. The Morgan fingerprint density at radius 1 is 1.00 bits per heavy atom. The van der Waals surface area contributed by atoms with E-state index in [1.807, 2.05) is 0 Å². The van der Waals surface area contributed by atoms with Crippen LogP contribution in [0.25, 0.3) is 0 Å². The number of hydrogen-bond acceptors (Lipinski definition) is 3. The summed E-state index contributed by atoms with van der Waals surface area (Å²) in [5, 5.41) is 3.38. The lowest BCUT2D eigenvalue weighted by Crippen LogP contribution is -2.61. The molecule has 0 spiro atoms. The third-order valence-electron chi connectivity index (χ3n) is 4.79. The summed E-state index contributed by atoms with van der Waals surface area (Å²) in [5.41, 5.74) is 1.47. The molecule has 2 saturated heterocycles. The second kappa shape index (κ2) is 6.25. The Kier molecular flexibility index (Phi) is 4.39. The summed E-state index contributed by atoms with van der Waals surface area (Å²) in [6.07, 6.45) is 0. The molecular formula is C17H27N3. The number of benzene rings is 1. The molecule has 0 amide bonds. The molecule has 3 rings (SSSR count). The van der Waals surface area contributed by atoms with Crippen LogP contribution in [0.4, 0.5) is 0 Å². The van der Waals surface area contributed by atoms with E-state index in [9.17, 15) is 0 Å². The van der Waals surface area contributed by atoms with Gasteiger partial charge in [-0.05, 0) is 11.5 Å². The minimum Gasteiger partial charge on any atom is -0.314 e. The van der Waals surface area contributed by atoms with Crippen LogP contribution in [0.2, 0.25) is 0 Å². The van der Waals surface area contributed by atoms with Crippen LogP contribution in [0.3, 0.4) is 0 Å². The van der Waals surface area contributed by atoms with Gasteiger partial charge in [0.1, 0.15) is 0 Å². The molecule has 0 radical (unpaired) electrons. The van der Waals surface area contributed by atoms with Gasteiger partial charge >= 0.3 is 0 Å². The van der Waals surface area contributed by atoms with Crippen molar-refractivity contribution in [2.45, 2.75) is 25.9 Å². The molecule has 1 N–H and O–H groups in total. The van der Waals surface area contributed by atoms with Gasteiger partial charge in [-0.3, -0.25) is 9.80 Å². The summed E-state index contributed by atoms with van der Waals surface area (Å²) < 4.78 is 0. The molecule has 0 aromatic heterocycles. The summed E-state index contributed by atoms with van der Waals surface area (Å²) in [6.45, 7) is 11.9. The van der Waals surface area contributed by atoms with Gasteiger partial charge in [0.2, 0.25) is 0 Å². The maximum Gasteiger partial charge on any atom is 0.0372 e. The van der Waals surface area contributed by atoms with Crippen molar-refractivity contribution in [3.8, 4) is 0 Å². The standard InChI is InChI=1S/C17H27N3/c1-14(2)17(15-6-4-3-5-7-15)20-10-8-19(9-11-20)16-12-18-13-16/h3-7,14,16-18H,8-13H2,1-2H3. The van der Waals surface area contributed by atoms with Gasteiger partial charge in [-0.2, -0.15) is 0 Å². The highest BCUT2D eigenvalue weighted by Crippen LogP contribution is 2.29. The largest absolute Gasteiger partial charge is 0.314 e. The van der Waals surface area contributed by atoms with E-state index < -0.39 is 0 Å². The van der Waals surface area contributed by atoms with E-state index in [4.69, 9.17) is 0 Å². The lowest BCUT2D eigenvalue weighted by molar-refractivity contribution is 0.0394. The first-order valence-corrected chi connectivity index (χ1v) is 7.99. The normalized spacial score (nSPS) is 23.8. The molecule has 3 heteroatoms. The van der Waals surface area contributed by atoms with Crippen molar-refractivity contribution < 1.29 is 0 Å². The second-order valence-corrected chi connectivity index (χ2v) is 6.48. The molecule has 3 nitrogen and oxygen atoms in total. The molecule has 2 aliphatic heterocycles. The Morgan fingerprint density at radius 3 is 2.15 bits per heavy atom. The number of rotatable bonds is 4. The van der Waals surface area contributed by atoms with Gasteiger partial charge in [0, 0.05) is 51.4 Å². The highest BCUT2D eigenvalue weighted by atomic mass is 15.3. The Balaban J connectivity index is 1.64. The van der Waals surface area contributed by atoms with Gasteiger partial charge < -0.3 is 5.32 Å². The van der Waals surface area contributed by atoms with E-state index in [0.29, 0.717) is 12.0 Å². The van der Waals surface area contributed by atoms with E-state index in [0.717, 1.165) is 6.04 Å². The van der Waals surface area contributed by atoms with Crippen LogP contribution >= 0.6 is 0 Å². The predicted octanol–water partition coefficient (Wildman–Crippen LogP) is 1.97. The quantitative estimate of drug-likeness (QED) is 0.905. The van der Waals surface area contributed by atoms with Gasteiger partial charge in [-0.25, -0.2) is 0 Å². The Hall–Kier alpha value is -0.900. The monoisotopic (exact) mass is 273 g/mol. The van der Waals surface area contributed by atoms with Crippen molar-refractivity contribution in [1.82, 2.24) is 15.1 Å². The second-order valence-electron chi connectivity index (χ2n) is 6.48. The maximum atomic E-state index is 3.38. The summed E-state index contributed by atoms with van der Waals surface area (Å²) in [4.78, 5) is 5.35. The maximum absolute atomic E-state index is 3.38. The molecule has 1 aromatic rings. The molecule has 20 heavy (non-hydrogen) atoms. The predicted molar refractivity (Wildman–Crippen MR) is 83.8 cm³/mol. The summed E-state index contributed by atoms with van der Waals surface area (Å²) in [7, 11) is 0. The van der Waals surface area contributed by atoms with Crippen LogP contribution in [0, 0.1) is 5.92 Å². The van der Waals surface area contributed by atoms with Crippen LogP contribution in [-0.2, 0) is 0 Å². The van der Waals surface area contributed by atoms with E-state index >= 15 is 0 Å². The number of nitrogens with one attached hydrogen (secondary N) is 1. The number of hydrogen-bond donors (Lipinski definition) is 1. The Labute approximate surface area is 123 Å². The zero-order chi connectivity index (χ0) is 13.9. The third kappa shape index (κ3) is 2.90. The molecule has 1 aromatic carbocycles. The zero-order valence-electron chi connectivity index (χ0n) is 12.8. The average molecular weight is 273 g/mol. The number of piperazine rings is 1. The molecule has 1 atom stereocenters. The molecule has 0 bridgehead atoms. The van der Waals surface area contributed by atoms with Crippen LogP contribution in [0.1, 0.15) is 25.5 Å². The SMILES string of the molecule is CC(C)C(c1ccccc1)N1CCN(C2CNC2)CC1. The van der Waals surface area contributed by atoms with Gasteiger partial charge in [0.15, 0.2) is 0 Å². The van der Waals surface area contributed by atoms with E-state index in [1.54, 1.807) is 0 Å². The highest BCUT2D eigenvalue weighted by Gasteiger charge is 2.31. The first-order valence-electron chi connectivity index (χ1n) is 7.99. The molecule has 2 heterocycles. The smallest absolute Gasteiger partial charge is 0.0372 e. The minimum atomic E-state index is 0.567.